The highest BCUT2D eigenvalue weighted by atomic mass is 31.2. The number of carbonyl (C=O) groups excluding carboxylic acids is 2. The summed E-state index contributed by atoms with van der Waals surface area (Å²) in [7, 11) is -3.68. The van der Waals surface area contributed by atoms with Crippen LogP contribution in [0.1, 0.15) is 74.4 Å². The fraction of sp³-hybridized carbons (Fsp3) is 0.297. The first-order valence-electron chi connectivity index (χ1n) is 15.8. The zero-order valence-electron chi connectivity index (χ0n) is 26.5. The van der Waals surface area contributed by atoms with Crippen LogP contribution in [-0.2, 0) is 9.36 Å². The number of anilines is 1. The number of aliphatic hydroxyl groups is 1. The first kappa shape index (κ1) is 34.5. The zero-order chi connectivity index (χ0) is 32.8. The van der Waals surface area contributed by atoms with Gasteiger partial charge in [0, 0.05) is 18.5 Å². The van der Waals surface area contributed by atoms with Crippen LogP contribution in [0.15, 0.2) is 103 Å². The van der Waals surface area contributed by atoms with E-state index in [9.17, 15) is 19.3 Å². The normalized spacial score (nSPS) is 11.8. The summed E-state index contributed by atoms with van der Waals surface area (Å²) in [6.45, 7) is 4.80. The second-order valence-corrected chi connectivity index (χ2v) is 13.4. The maximum atomic E-state index is 14.7. The van der Waals surface area contributed by atoms with Crippen LogP contribution in [0.5, 0.6) is 11.5 Å². The van der Waals surface area contributed by atoms with Crippen molar-refractivity contribution in [1.29, 1.82) is 0 Å². The lowest BCUT2D eigenvalue weighted by atomic mass is 10.1. The van der Waals surface area contributed by atoms with Gasteiger partial charge in [-0.1, -0.05) is 68.3 Å². The molecule has 0 aromatic heterocycles. The Morgan fingerprint density at radius 2 is 1.48 bits per heavy atom. The van der Waals surface area contributed by atoms with Crippen molar-refractivity contribution >= 4 is 35.5 Å². The molecule has 0 saturated heterocycles. The van der Waals surface area contributed by atoms with Crippen molar-refractivity contribution < 1.29 is 28.5 Å². The van der Waals surface area contributed by atoms with Crippen molar-refractivity contribution in [3.63, 3.8) is 0 Å². The first-order valence-corrected chi connectivity index (χ1v) is 17.5. The molecular weight excluding hydrogens is 599 g/mol. The first-order chi connectivity index (χ1) is 22.3. The molecule has 2 amide bonds. The molecule has 46 heavy (non-hydrogen) atoms. The molecule has 0 radical (unpaired) electrons. The summed E-state index contributed by atoms with van der Waals surface area (Å²) < 4.78 is 26.9. The maximum Gasteiger partial charge on any atom is 0.306 e. The Balaban J connectivity index is 1.48. The number of ether oxygens (including phenoxy) is 1. The van der Waals surface area contributed by atoms with Gasteiger partial charge in [0.15, 0.2) is 5.75 Å². The Morgan fingerprint density at radius 1 is 0.826 bits per heavy atom. The number of hydrogen-bond donors (Lipinski definition) is 3. The van der Waals surface area contributed by atoms with E-state index in [1.54, 1.807) is 73.7 Å². The average molecular weight is 643 g/mol. The molecule has 1 atom stereocenters. The Morgan fingerprint density at radius 3 is 2.09 bits per heavy atom. The zero-order valence-corrected chi connectivity index (χ0v) is 27.4. The van der Waals surface area contributed by atoms with Crippen LogP contribution in [0.25, 0.3) is 0 Å². The summed E-state index contributed by atoms with van der Waals surface area (Å²) in [5, 5.41) is 16.5. The van der Waals surface area contributed by atoms with Crippen LogP contribution in [0.2, 0.25) is 0 Å². The third-order valence-corrected chi connectivity index (χ3v) is 9.84. The number of benzene rings is 4. The quantitative estimate of drug-likeness (QED) is 0.0833. The summed E-state index contributed by atoms with van der Waals surface area (Å²) in [6, 6.07) is 29.9. The summed E-state index contributed by atoms with van der Waals surface area (Å²) >= 11 is 0. The standard InChI is InChI=1S/C37H43N2O6P/c1-3-4-12-25-38-37(42)30-21-24-34(39-36(41)18-11-13-26-44-31-22-19-29(20-23-31)28(2)40)35(27-30)45-46(43,32-14-7-5-8-15-32)33-16-9-6-10-17-33/h5-10,14-17,19-24,27-28,40H,3-4,11-13,18,25-26H2,1-2H3,(H,38,42)(H,39,41). The fourth-order valence-corrected chi connectivity index (χ4v) is 6.86. The van der Waals surface area contributed by atoms with Gasteiger partial charge in [-0.15, -0.1) is 0 Å². The van der Waals surface area contributed by atoms with Gasteiger partial charge in [0.2, 0.25) is 5.91 Å². The minimum atomic E-state index is -3.68. The molecule has 4 aromatic rings. The van der Waals surface area contributed by atoms with Crippen molar-refractivity contribution in [2.75, 3.05) is 18.5 Å². The van der Waals surface area contributed by atoms with Gasteiger partial charge in [-0.3, -0.25) is 14.2 Å². The molecule has 242 valence electrons. The van der Waals surface area contributed by atoms with Crippen LogP contribution in [0.4, 0.5) is 5.69 Å². The number of aliphatic hydroxyl groups excluding tert-OH is 1. The molecular formula is C37H43N2O6P. The highest BCUT2D eigenvalue weighted by Gasteiger charge is 2.31. The van der Waals surface area contributed by atoms with Crippen molar-refractivity contribution in [2.45, 2.75) is 58.5 Å². The van der Waals surface area contributed by atoms with Crippen molar-refractivity contribution in [3.05, 3.63) is 114 Å². The van der Waals surface area contributed by atoms with E-state index in [0.717, 1.165) is 24.8 Å². The fourth-order valence-electron chi connectivity index (χ4n) is 4.80. The number of nitrogens with one attached hydrogen (secondary N) is 2. The largest absolute Gasteiger partial charge is 0.494 e. The number of hydrogen-bond acceptors (Lipinski definition) is 6. The van der Waals surface area contributed by atoms with Crippen molar-refractivity contribution in [2.24, 2.45) is 0 Å². The molecule has 3 N–H and O–H groups in total. The molecule has 1 unspecified atom stereocenters. The minimum absolute atomic E-state index is 0.148. The number of amides is 2. The van der Waals surface area contributed by atoms with Gasteiger partial charge >= 0.3 is 7.37 Å². The van der Waals surface area contributed by atoms with Crippen molar-refractivity contribution in [3.8, 4) is 11.5 Å². The Kier molecular flexibility index (Phi) is 13.0. The van der Waals surface area contributed by atoms with E-state index >= 15 is 0 Å². The van der Waals surface area contributed by atoms with E-state index in [0.29, 0.717) is 53.6 Å². The number of rotatable bonds is 17. The Labute approximate surface area is 271 Å². The van der Waals surface area contributed by atoms with Gasteiger partial charge in [-0.2, -0.15) is 0 Å². The summed E-state index contributed by atoms with van der Waals surface area (Å²) in [4.78, 5) is 26.1. The maximum absolute atomic E-state index is 14.7. The van der Waals surface area contributed by atoms with E-state index < -0.39 is 13.5 Å². The van der Waals surface area contributed by atoms with Crippen LogP contribution in [0, 0.1) is 0 Å². The lowest BCUT2D eigenvalue weighted by molar-refractivity contribution is -0.116. The van der Waals surface area contributed by atoms with Gasteiger partial charge < -0.3 is 25.0 Å². The van der Waals surface area contributed by atoms with E-state index in [-0.39, 0.29) is 24.0 Å². The van der Waals surface area contributed by atoms with Gasteiger partial charge in [-0.05, 0) is 86.3 Å². The number of carbonyl (C=O) groups is 2. The predicted molar refractivity (Wildman–Crippen MR) is 184 cm³/mol. The van der Waals surface area contributed by atoms with Gasteiger partial charge in [0.1, 0.15) is 5.75 Å². The van der Waals surface area contributed by atoms with Gasteiger partial charge in [0.25, 0.3) is 5.91 Å². The third kappa shape index (κ3) is 9.80. The molecule has 4 aromatic carbocycles. The van der Waals surface area contributed by atoms with Crippen LogP contribution in [0.3, 0.4) is 0 Å². The van der Waals surface area contributed by atoms with Crippen LogP contribution < -0.4 is 30.5 Å². The summed E-state index contributed by atoms with van der Waals surface area (Å²) in [5.74, 6) is 0.340. The minimum Gasteiger partial charge on any atom is -0.494 e. The van der Waals surface area contributed by atoms with E-state index in [4.69, 9.17) is 9.26 Å². The Hall–Kier alpha value is -4.39. The van der Waals surface area contributed by atoms with Crippen LogP contribution in [-0.4, -0.2) is 30.1 Å². The lowest BCUT2D eigenvalue weighted by Gasteiger charge is -2.23. The molecule has 0 aliphatic heterocycles. The highest BCUT2D eigenvalue weighted by molar-refractivity contribution is 7.74. The second kappa shape index (κ2) is 17.3. The number of unbranched alkanes of at least 4 members (excludes halogenated alkanes) is 3. The average Bonchev–Trinajstić information content (AvgIpc) is 3.08. The van der Waals surface area contributed by atoms with Gasteiger partial charge in [-0.25, -0.2) is 0 Å². The molecule has 8 nitrogen and oxygen atoms in total. The van der Waals surface area contributed by atoms with E-state index in [1.165, 1.54) is 0 Å². The molecule has 0 fully saturated rings. The molecule has 0 aliphatic carbocycles. The van der Waals surface area contributed by atoms with Gasteiger partial charge in [0.05, 0.1) is 29.0 Å². The molecule has 9 heteroatoms. The summed E-state index contributed by atoms with van der Waals surface area (Å²) in [5.41, 5.74) is 1.49. The van der Waals surface area contributed by atoms with E-state index in [1.807, 2.05) is 36.4 Å². The van der Waals surface area contributed by atoms with Crippen molar-refractivity contribution in [1.82, 2.24) is 5.32 Å². The molecule has 0 spiro atoms. The SMILES string of the molecule is CCCCCNC(=O)c1ccc(NC(=O)CCCCOc2ccc(C(C)O)cc2)c(OP(=O)(c2ccccc2)c2ccccc2)c1. The second-order valence-electron chi connectivity index (χ2n) is 11.1. The van der Waals surface area contributed by atoms with Crippen LogP contribution >= 0.6 is 7.37 Å². The third-order valence-electron chi connectivity index (χ3n) is 7.43. The molecule has 0 bridgehead atoms. The molecule has 4 rings (SSSR count). The highest BCUT2D eigenvalue weighted by Crippen LogP contribution is 2.47. The topological polar surface area (TPSA) is 114 Å². The Bertz CT molecular complexity index is 1550. The molecule has 0 heterocycles. The van der Waals surface area contributed by atoms with E-state index in [2.05, 4.69) is 17.6 Å². The summed E-state index contributed by atoms with van der Waals surface area (Å²) in [6.07, 6.45) is 3.87. The predicted octanol–water partition coefficient (Wildman–Crippen LogP) is 7.16. The molecule has 0 saturated carbocycles. The smallest absolute Gasteiger partial charge is 0.306 e. The monoisotopic (exact) mass is 642 g/mol. The lowest BCUT2D eigenvalue weighted by Crippen LogP contribution is -2.25. The molecule has 0 aliphatic rings.